The Hall–Kier alpha value is -3.07. The van der Waals surface area contributed by atoms with E-state index in [1.807, 2.05) is 0 Å². The van der Waals surface area contributed by atoms with Gasteiger partial charge in [0.25, 0.3) is 5.56 Å². The van der Waals surface area contributed by atoms with Gasteiger partial charge in [-0.05, 0) is 42.7 Å². The zero-order valence-corrected chi connectivity index (χ0v) is 19.3. The Bertz CT molecular complexity index is 1390. The van der Waals surface area contributed by atoms with E-state index in [2.05, 4.69) is 9.97 Å². The molecular weight excluding hydrogens is 442 g/mol. The molecule has 9 heteroatoms. The number of ketones is 1. The Balaban J connectivity index is 1.82. The highest BCUT2D eigenvalue weighted by Crippen LogP contribution is 2.31. The fourth-order valence-electron chi connectivity index (χ4n) is 4.64. The molecule has 1 aromatic carbocycles. The van der Waals surface area contributed by atoms with Gasteiger partial charge in [0.05, 0.1) is 22.2 Å². The molecule has 1 atom stereocenters. The first-order valence-corrected chi connectivity index (χ1v) is 13.0. The second-order valence-electron chi connectivity index (χ2n) is 8.80. The van der Waals surface area contributed by atoms with E-state index in [1.54, 1.807) is 24.4 Å². The number of nitrogens with zero attached hydrogens (tertiary/aromatic N) is 2. The largest absolute Gasteiger partial charge is 0.329 e. The third-order valence-electron chi connectivity index (χ3n) is 6.37. The summed E-state index contributed by atoms with van der Waals surface area (Å²) in [6, 6.07) is 8.35. The Morgan fingerprint density at radius 2 is 1.91 bits per heavy atom. The molecule has 1 N–H and O–H groups in total. The van der Waals surface area contributed by atoms with Crippen molar-refractivity contribution in [3.8, 4) is 0 Å². The fraction of sp³-hybridized carbons (Fsp3) is 0.417. The van der Waals surface area contributed by atoms with Gasteiger partial charge in [0.1, 0.15) is 6.04 Å². The summed E-state index contributed by atoms with van der Waals surface area (Å²) in [5.74, 6) is -0.0220. The van der Waals surface area contributed by atoms with Crippen LogP contribution >= 0.6 is 0 Å². The van der Waals surface area contributed by atoms with Gasteiger partial charge in [0.15, 0.2) is 15.6 Å². The van der Waals surface area contributed by atoms with Gasteiger partial charge in [-0.3, -0.25) is 14.6 Å². The minimum absolute atomic E-state index is 0.00548. The second kappa shape index (κ2) is 9.43. The van der Waals surface area contributed by atoms with E-state index in [9.17, 15) is 22.8 Å². The van der Waals surface area contributed by atoms with E-state index < -0.39 is 27.1 Å². The normalized spacial score (nSPS) is 16.0. The molecule has 2 heterocycles. The van der Waals surface area contributed by atoms with E-state index in [1.165, 1.54) is 18.2 Å². The van der Waals surface area contributed by atoms with Gasteiger partial charge in [0.2, 0.25) is 0 Å². The van der Waals surface area contributed by atoms with Crippen molar-refractivity contribution in [3.63, 3.8) is 0 Å². The predicted octanol–water partition coefficient (Wildman–Crippen LogP) is 2.81. The summed E-state index contributed by atoms with van der Waals surface area (Å²) in [5, 5.41) is 0.0665. The number of nitrogens with one attached hydrogen (secondary N) is 1. The molecule has 1 fully saturated rings. The highest BCUT2D eigenvalue weighted by molar-refractivity contribution is 7.90. The summed E-state index contributed by atoms with van der Waals surface area (Å²) in [4.78, 5) is 46.7. The second-order valence-corrected chi connectivity index (χ2v) is 10.8. The summed E-state index contributed by atoms with van der Waals surface area (Å²) in [6.45, 7) is 0. The zero-order valence-electron chi connectivity index (χ0n) is 18.5. The van der Waals surface area contributed by atoms with Crippen LogP contribution in [0.25, 0.3) is 10.9 Å². The first-order valence-electron chi connectivity index (χ1n) is 11.2. The number of aromatic nitrogens is 3. The number of H-pyrrole nitrogens is 1. The molecule has 33 heavy (non-hydrogen) atoms. The summed E-state index contributed by atoms with van der Waals surface area (Å²) >= 11 is 0. The molecule has 4 rings (SSSR count). The lowest BCUT2D eigenvalue weighted by Crippen LogP contribution is -2.42. The number of hydrogen-bond acceptors (Lipinski definition) is 6. The molecule has 1 saturated carbocycles. The van der Waals surface area contributed by atoms with Gasteiger partial charge in [-0.1, -0.05) is 38.2 Å². The van der Waals surface area contributed by atoms with E-state index >= 15 is 0 Å². The van der Waals surface area contributed by atoms with Crippen LogP contribution < -0.4 is 11.2 Å². The third kappa shape index (κ3) is 5.13. The molecule has 0 radical (unpaired) electrons. The molecule has 1 aliphatic rings. The molecule has 1 aliphatic carbocycles. The van der Waals surface area contributed by atoms with Crippen LogP contribution in [0.4, 0.5) is 0 Å². The smallest absolute Gasteiger partial charge is 0.307 e. The maximum Gasteiger partial charge on any atom is 0.329 e. The summed E-state index contributed by atoms with van der Waals surface area (Å²) in [7, 11) is -3.55. The first kappa shape index (κ1) is 23.1. The van der Waals surface area contributed by atoms with Gasteiger partial charge in [-0.15, -0.1) is 0 Å². The Morgan fingerprint density at radius 3 is 2.58 bits per heavy atom. The zero-order chi connectivity index (χ0) is 23.6. The van der Waals surface area contributed by atoms with Crippen molar-refractivity contribution in [1.29, 1.82) is 0 Å². The Kier molecular flexibility index (Phi) is 6.60. The van der Waals surface area contributed by atoms with E-state index in [-0.39, 0.29) is 33.9 Å². The molecule has 1 unspecified atom stereocenters. The summed E-state index contributed by atoms with van der Waals surface area (Å²) < 4.78 is 25.0. The van der Waals surface area contributed by atoms with Crippen LogP contribution in [0.2, 0.25) is 0 Å². The van der Waals surface area contributed by atoms with Crippen LogP contribution in [-0.4, -0.2) is 35.0 Å². The molecule has 8 nitrogen and oxygen atoms in total. The topological polar surface area (TPSA) is 119 Å². The monoisotopic (exact) mass is 469 g/mol. The van der Waals surface area contributed by atoms with Gasteiger partial charge in [-0.25, -0.2) is 17.8 Å². The summed E-state index contributed by atoms with van der Waals surface area (Å²) in [5.41, 5.74) is -0.521. The number of benzene rings is 1. The first-order chi connectivity index (χ1) is 15.7. The van der Waals surface area contributed by atoms with Gasteiger partial charge < -0.3 is 4.98 Å². The molecule has 0 saturated heterocycles. The van der Waals surface area contributed by atoms with Crippen molar-refractivity contribution in [1.82, 2.24) is 14.5 Å². The number of pyridine rings is 1. The number of aromatic amines is 1. The van der Waals surface area contributed by atoms with Crippen molar-refractivity contribution in [2.45, 2.75) is 55.9 Å². The van der Waals surface area contributed by atoms with Gasteiger partial charge >= 0.3 is 5.69 Å². The van der Waals surface area contributed by atoms with Crippen LogP contribution in [-0.2, 0) is 21.1 Å². The highest BCUT2D eigenvalue weighted by atomic mass is 32.2. The maximum atomic E-state index is 13.4. The van der Waals surface area contributed by atoms with Crippen molar-refractivity contribution < 1.29 is 13.2 Å². The minimum Gasteiger partial charge on any atom is -0.307 e. The molecule has 2 aromatic heterocycles. The van der Waals surface area contributed by atoms with E-state index in [4.69, 9.17) is 0 Å². The van der Waals surface area contributed by atoms with Crippen LogP contribution in [0, 0.1) is 5.92 Å². The summed E-state index contributed by atoms with van der Waals surface area (Å²) in [6.07, 6.45) is 8.23. The van der Waals surface area contributed by atoms with Crippen molar-refractivity contribution in [2.24, 2.45) is 5.92 Å². The number of sulfone groups is 1. The average Bonchev–Trinajstić information content (AvgIpc) is 2.79. The van der Waals surface area contributed by atoms with Crippen LogP contribution in [0.3, 0.4) is 0 Å². The van der Waals surface area contributed by atoms with Gasteiger partial charge in [0, 0.05) is 18.1 Å². The lowest BCUT2D eigenvalue weighted by Gasteiger charge is -2.26. The number of carbonyl (C=O) groups excluding carboxylic acids is 1. The number of Topliss-reactive ketones (excluding diaryl/α,β-unsaturated/α-hetero) is 1. The molecule has 0 spiro atoms. The van der Waals surface area contributed by atoms with Crippen molar-refractivity contribution in [2.75, 3.05) is 6.26 Å². The Labute approximate surface area is 191 Å². The highest BCUT2D eigenvalue weighted by Gasteiger charge is 2.29. The van der Waals surface area contributed by atoms with Crippen LogP contribution in [0.1, 0.15) is 50.3 Å². The fourth-order valence-corrected chi connectivity index (χ4v) is 5.29. The number of rotatable bonds is 7. The molecule has 174 valence electrons. The molecule has 0 bridgehead atoms. The quantitative estimate of drug-likeness (QED) is 0.568. The lowest BCUT2D eigenvalue weighted by molar-refractivity contribution is -0.122. The predicted molar refractivity (Wildman–Crippen MR) is 125 cm³/mol. The maximum absolute atomic E-state index is 13.4. The average molecular weight is 470 g/mol. The third-order valence-corrected chi connectivity index (χ3v) is 7.49. The van der Waals surface area contributed by atoms with Gasteiger partial charge in [-0.2, -0.15) is 0 Å². The van der Waals surface area contributed by atoms with E-state index in [0.717, 1.165) is 42.9 Å². The molecule has 0 aliphatic heterocycles. The van der Waals surface area contributed by atoms with Crippen LogP contribution in [0.15, 0.2) is 57.1 Å². The van der Waals surface area contributed by atoms with Crippen molar-refractivity contribution >= 4 is 26.5 Å². The molecular formula is C24H27N3O5S. The number of hydrogen-bond donors (Lipinski definition) is 1. The molecule has 0 amide bonds. The number of carbonyl (C=O) groups is 1. The Morgan fingerprint density at radius 1 is 1.15 bits per heavy atom. The number of fused-ring (bicyclic) bond motifs is 1. The van der Waals surface area contributed by atoms with E-state index in [0.29, 0.717) is 12.1 Å². The molecule has 3 aromatic rings. The standard InChI is InChI=1S/C24H27N3O5S/c1-33(31,32)18-10-11-20-19(15-18)23(29)27(24(30)26-20)21(13-16-7-3-2-4-8-16)22(28)14-17-9-5-6-12-25-17/h5-6,9-12,15-16,21H,2-4,7-8,13-14H2,1H3,(H,26,30). The lowest BCUT2D eigenvalue weighted by atomic mass is 9.83. The van der Waals surface area contributed by atoms with Crippen LogP contribution in [0.5, 0.6) is 0 Å². The van der Waals surface area contributed by atoms with Crippen molar-refractivity contribution in [3.05, 3.63) is 69.1 Å². The SMILES string of the molecule is CS(=O)(=O)c1ccc2[nH]c(=O)n(C(CC3CCCCC3)C(=O)Cc3ccccn3)c(=O)c2c1. The minimum atomic E-state index is -3.55.